The molecule has 0 spiro atoms. The summed E-state index contributed by atoms with van der Waals surface area (Å²) in [7, 11) is 0. The first kappa shape index (κ1) is 13.1. The molecule has 4 heteroatoms. The molecular formula is C14H18ClN3. The molecule has 0 aliphatic carbocycles. The number of halogens is 1. The molecule has 1 atom stereocenters. The maximum absolute atomic E-state index is 5.97. The third kappa shape index (κ3) is 2.57. The van der Waals surface area contributed by atoms with Crippen LogP contribution in [0.1, 0.15) is 35.5 Å². The van der Waals surface area contributed by atoms with Crippen molar-refractivity contribution >= 4 is 11.6 Å². The Bertz CT molecular complexity index is 541. The highest BCUT2D eigenvalue weighted by molar-refractivity contribution is 6.30. The Morgan fingerprint density at radius 3 is 2.39 bits per heavy atom. The summed E-state index contributed by atoms with van der Waals surface area (Å²) in [5.41, 5.74) is 10.4. The SMILES string of the molecule is Cc1nn(Cc2ccc(Cl)cc2)c(C)c1C(C)N. The Hall–Kier alpha value is -1.32. The van der Waals surface area contributed by atoms with E-state index in [1.165, 1.54) is 5.56 Å². The minimum absolute atomic E-state index is 0.0176. The smallest absolute Gasteiger partial charge is 0.0662 e. The third-order valence-electron chi connectivity index (χ3n) is 3.14. The van der Waals surface area contributed by atoms with E-state index in [1.807, 2.05) is 42.8 Å². The van der Waals surface area contributed by atoms with Gasteiger partial charge in [0.05, 0.1) is 12.2 Å². The summed E-state index contributed by atoms with van der Waals surface area (Å²) in [5.74, 6) is 0. The maximum Gasteiger partial charge on any atom is 0.0662 e. The topological polar surface area (TPSA) is 43.8 Å². The Kier molecular flexibility index (Phi) is 3.73. The standard InChI is InChI=1S/C14H18ClN3/c1-9(16)14-10(2)17-18(11(14)3)8-12-4-6-13(15)7-5-12/h4-7,9H,8,16H2,1-3H3. The van der Waals surface area contributed by atoms with Gasteiger partial charge in [0.15, 0.2) is 0 Å². The van der Waals surface area contributed by atoms with E-state index in [0.29, 0.717) is 0 Å². The van der Waals surface area contributed by atoms with Crippen molar-refractivity contribution in [2.45, 2.75) is 33.4 Å². The van der Waals surface area contributed by atoms with Crippen molar-refractivity contribution in [2.75, 3.05) is 0 Å². The zero-order valence-corrected chi connectivity index (χ0v) is 11.7. The quantitative estimate of drug-likeness (QED) is 0.924. The summed E-state index contributed by atoms with van der Waals surface area (Å²) in [6.45, 7) is 6.80. The Labute approximate surface area is 113 Å². The fourth-order valence-electron chi connectivity index (χ4n) is 2.29. The van der Waals surface area contributed by atoms with Crippen molar-refractivity contribution < 1.29 is 0 Å². The lowest BCUT2D eigenvalue weighted by molar-refractivity contribution is 0.656. The average molecular weight is 264 g/mol. The van der Waals surface area contributed by atoms with E-state index in [1.54, 1.807) is 0 Å². The van der Waals surface area contributed by atoms with Crippen molar-refractivity contribution in [1.29, 1.82) is 0 Å². The van der Waals surface area contributed by atoms with Gasteiger partial charge in [0, 0.05) is 22.3 Å². The Morgan fingerprint density at radius 2 is 1.89 bits per heavy atom. The van der Waals surface area contributed by atoms with Crippen LogP contribution in [0.4, 0.5) is 0 Å². The van der Waals surface area contributed by atoms with Crippen LogP contribution in [0.2, 0.25) is 5.02 Å². The van der Waals surface area contributed by atoms with Gasteiger partial charge >= 0.3 is 0 Å². The number of aryl methyl sites for hydroxylation is 1. The summed E-state index contributed by atoms with van der Waals surface area (Å²) in [5, 5.41) is 5.31. The number of benzene rings is 1. The van der Waals surface area contributed by atoms with Crippen LogP contribution in [-0.4, -0.2) is 9.78 Å². The molecule has 0 fully saturated rings. The van der Waals surface area contributed by atoms with Gasteiger partial charge in [-0.3, -0.25) is 4.68 Å². The molecule has 0 saturated carbocycles. The van der Waals surface area contributed by atoms with Gasteiger partial charge in [-0.25, -0.2) is 0 Å². The first-order chi connectivity index (χ1) is 8.49. The molecular weight excluding hydrogens is 246 g/mol. The van der Waals surface area contributed by atoms with E-state index in [4.69, 9.17) is 17.3 Å². The lowest BCUT2D eigenvalue weighted by Gasteiger charge is -2.08. The third-order valence-corrected chi connectivity index (χ3v) is 3.39. The van der Waals surface area contributed by atoms with Gasteiger partial charge in [-0.05, 0) is 38.5 Å². The second kappa shape index (κ2) is 5.12. The highest BCUT2D eigenvalue weighted by Gasteiger charge is 2.14. The van der Waals surface area contributed by atoms with Crippen molar-refractivity contribution in [3.05, 3.63) is 51.8 Å². The van der Waals surface area contributed by atoms with Crippen LogP contribution in [0, 0.1) is 13.8 Å². The first-order valence-corrected chi connectivity index (χ1v) is 6.40. The minimum Gasteiger partial charge on any atom is -0.324 e. The Balaban J connectivity index is 2.30. The minimum atomic E-state index is 0.0176. The molecule has 0 saturated heterocycles. The van der Waals surface area contributed by atoms with E-state index in [0.717, 1.165) is 28.5 Å². The van der Waals surface area contributed by atoms with Gasteiger partial charge in [0.1, 0.15) is 0 Å². The van der Waals surface area contributed by atoms with Crippen LogP contribution in [0.5, 0.6) is 0 Å². The normalized spacial score (nSPS) is 12.7. The van der Waals surface area contributed by atoms with Crippen molar-refractivity contribution in [3.8, 4) is 0 Å². The van der Waals surface area contributed by atoms with Crippen LogP contribution in [0.3, 0.4) is 0 Å². The molecule has 2 N–H and O–H groups in total. The van der Waals surface area contributed by atoms with E-state index in [-0.39, 0.29) is 6.04 Å². The number of hydrogen-bond acceptors (Lipinski definition) is 2. The lowest BCUT2D eigenvalue weighted by Crippen LogP contribution is -2.09. The summed E-state index contributed by atoms with van der Waals surface area (Å²) >= 11 is 5.88. The van der Waals surface area contributed by atoms with Crippen molar-refractivity contribution in [3.63, 3.8) is 0 Å². The van der Waals surface area contributed by atoms with Crippen molar-refractivity contribution in [2.24, 2.45) is 5.73 Å². The second-order valence-corrected chi connectivity index (χ2v) is 5.09. The number of hydrogen-bond donors (Lipinski definition) is 1. The molecule has 18 heavy (non-hydrogen) atoms. The van der Waals surface area contributed by atoms with Gasteiger partial charge in [0.25, 0.3) is 0 Å². The molecule has 96 valence electrons. The highest BCUT2D eigenvalue weighted by Crippen LogP contribution is 2.20. The van der Waals surface area contributed by atoms with Crippen LogP contribution in [0.15, 0.2) is 24.3 Å². The molecule has 1 aromatic carbocycles. The highest BCUT2D eigenvalue weighted by atomic mass is 35.5. The average Bonchev–Trinajstić information content (AvgIpc) is 2.57. The van der Waals surface area contributed by atoms with Crippen LogP contribution in [-0.2, 0) is 6.54 Å². The largest absolute Gasteiger partial charge is 0.324 e. The summed E-state index contributed by atoms with van der Waals surface area (Å²) < 4.78 is 2.00. The fourth-order valence-corrected chi connectivity index (χ4v) is 2.41. The van der Waals surface area contributed by atoms with Crippen LogP contribution >= 0.6 is 11.6 Å². The predicted octanol–water partition coefficient (Wildman–Crippen LogP) is 3.22. The maximum atomic E-state index is 5.97. The summed E-state index contributed by atoms with van der Waals surface area (Å²) in [4.78, 5) is 0. The molecule has 0 radical (unpaired) electrons. The Morgan fingerprint density at radius 1 is 1.28 bits per heavy atom. The molecule has 2 aromatic rings. The van der Waals surface area contributed by atoms with Gasteiger partial charge < -0.3 is 5.73 Å². The van der Waals surface area contributed by atoms with Crippen LogP contribution in [0.25, 0.3) is 0 Å². The second-order valence-electron chi connectivity index (χ2n) is 4.66. The van der Waals surface area contributed by atoms with E-state index >= 15 is 0 Å². The number of rotatable bonds is 3. The molecule has 2 rings (SSSR count). The molecule has 0 aliphatic rings. The molecule has 0 amide bonds. The molecule has 1 aromatic heterocycles. The summed E-state index contributed by atoms with van der Waals surface area (Å²) in [6.07, 6.45) is 0. The molecule has 1 unspecified atom stereocenters. The van der Waals surface area contributed by atoms with Crippen LogP contribution < -0.4 is 5.73 Å². The summed E-state index contributed by atoms with van der Waals surface area (Å²) in [6, 6.07) is 7.85. The zero-order valence-electron chi connectivity index (χ0n) is 10.9. The molecule has 3 nitrogen and oxygen atoms in total. The molecule has 0 aliphatic heterocycles. The fraction of sp³-hybridized carbons (Fsp3) is 0.357. The van der Waals surface area contributed by atoms with Gasteiger partial charge in [-0.1, -0.05) is 23.7 Å². The number of aromatic nitrogens is 2. The van der Waals surface area contributed by atoms with E-state index in [9.17, 15) is 0 Å². The van der Waals surface area contributed by atoms with E-state index in [2.05, 4.69) is 12.0 Å². The van der Waals surface area contributed by atoms with E-state index < -0.39 is 0 Å². The van der Waals surface area contributed by atoms with Gasteiger partial charge in [-0.2, -0.15) is 5.10 Å². The monoisotopic (exact) mass is 263 g/mol. The predicted molar refractivity (Wildman–Crippen MR) is 74.9 cm³/mol. The van der Waals surface area contributed by atoms with Gasteiger partial charge in [0.2, 0.25) is 0 Å². The first-order valence-electron chi connectivity index (χ1n) is 6.03. The molecule has 0 bridgehead atoms. The van der Waals surface area contributed by atoms with Crippen molar-refractivity contribution in [1.82, 2.24) is 9.78 Å². The number of nitrogens with zero attached hydrogens (tertiary/aromatic N) is 2. The van der Waals surface area contributed by atoms with Gasteiger partial charge in [-0.15, -0.1) is 0 Å². The zero-order chi connectivity index (χ0) is 13.3. The number of nitrogens with two attached hydrogens (primary N) is 1. The lowest BCUT2D eigenvalue weighted by atomic mass is 10.1. The molecule has 1 heterocycles.